The molecule has 2 aliphatic rings. The van der Waals surface area contributed by atoms with Gasteiger partial charge in [0, 0.05) is 37.3 Å². The number of hydrogen-bond acceptors (Lipinski definition) is 4. The fourth-order valence-electron chi connectivity index (χ4n) is 4.77. The maximum atomic E-state index is 13.7. The predicted molar refractivity (Wildman–Crippen MR) is 95.0 cm³/mol. The van der Waals surface area contributed by atoms with E-state index in [-0.39, 0.29) is 17.5 Å². The third-order valence-electron chi connectivity index (χ3n) is 5.98. The number of fused-ring (bicyclic) bond motifs is 2. The summed E-state index contributed by atoms with van der Waals surface area (Å²) in [7, 11) is -3.37. The van der Waals surface area contributed by atoms with Crippen LogP contribution in [0.15, 0.2) is 24.8 Å². The van der Waals surface area contributed by atoms with Crippen LogP contribution in [-0.2, 0) is 16.2 Å². The molecule has 0 aromatic carbocycles. The molecular formula is C17H21F3N4O2S. The van der Waals surface area contributed by atoms with E-state index in [9.17, 15) is 21.6 Å². The van der Waals surface area contributed by atoms with Crippen LogP contribution < -0.4 is 4.90 Å². The van der Waals surface area contributed by atoms with E-state index in [0.717, 1.165) is 6.07 Å². The molecule has 0 radical (unpaired) electrons. The van der Waals surface area contributed by atoms with Crippen molar-refractivity contribution in [2.45, 2.75) is 25.6 Å². The molecule has 6 nitrogen and oxygen atoms in total. The molecule has 0 unspecified atom stereocenters. The van der Waals surface area contributed by atoms with Gasteiger partial charge in [-0.1, -0.05) is 0 Å². The van der Waals surface area contributed by atoms with Gasteiger partial charge in [0.25, 0.3) is 0 Å². The number of anilines is 1. The maximum absolute atomic E-state index is 13.7. The van der Waals surface area contributed by atoms with Gasteiger partial charge in [-0.25, -0.2) is 13.4 Å². The molecule has 0 bridgehead atoms. The second kappa shape index (κ2) is 5.60. The van der Waals surface area contributed by atoms with Gasteiger partial charge in [0.1, 0.15) is 0 Å². The zero-order valence-electron chi connectivity index (χ0n) is 15.2. The third kappa shape index (κ3) is 2.80. The normalized spacial score (nSPS) is 26.1. The number of alkyl halides is 3. The van der Waals surface area contributed by atoms with Crippen LogP contribution in [0.1, 0.15) is 19.4 Å². The van der Waals surface area contributed by atoms with Crippen LogP contribution in [0.2, 0.25) is 0 Å². The summed E-state index contributed by atoms with van der Waals surface area (Å²) in [6.45, 7) is 4.79. The lowest BCUT2D eigenvalue weighted by Gasteiger charge is -2.35. The molecule has 2 aromatic heterocycles. The van der Waals surface area contributed by atoms with E-state index in [0.29, 0.717) is 25.2 Å². The summed E-state index contributed by atoms with van der Waals surface area (Å²) in [5.41, 5.74) is -0.800. The van der Waals surface area contributed by atoms with Gasteiger partial charge in [0.05, 0.1) is 35.5 Å². The highest BCUT2D eigenvalue weighted by Crippen LogP contribution is 2.48. The molecular weight excluding hydrogens is 381 g/mol. The van der Waals surface area contributed by atoms with Crippen molar-refractivity contribution in [2.75, 3.05) is 30.8 Å². The first-order valence-electron chi connectivity index (χ1n) is 8.65. The Bertz CT molecular complexity index is 999. The van der Waals surface area contributed by atoms with Crippen molar-refractivity contribution < 1.29 is 21.6 Å². The number of halogens is 3. The van der Waals surface area contributed by atoms with Crippen LogP contribution in [0, 0.1) is 11.8 Å². The number of hydrogen-bond donors (Lipinski definition) is 0. The lowest BCUT2D eigenvalue weighted by molar-refractivity contribution is -0.137. The lowest BCUT2D eigenvalue weighted by Crippen LogP contribution is -2.47. The Kier molecular flexibility index (Phi) is 3.85. The molecule has 2 atom stereocenters. The summed E-state index contributed by atoms with van der Waals surface area (Å²) >= 11 is 0. The average molecular weight is 402 g/mol. The van der Waals surface area contributed by atoms with Gasteiger partial charge in [-0.15, -0.1) is 0 Å². The fraction of sp³-hybridized carbons (Fsp3) is 0.588. The summed E-state index contributed by atoms with van der Waals surface area (Å²) in [4.78, 5) is 5.73. The van der Waals surface area contributed by atoms with E-state index in [1.54, 1.807) is 9.30 Å². The van der Waals surface area contributed by atoms with Gasteiger partial charge in [0.2, 0.25) is 10.0 Å². The predicted octanol–water partition coefficient (Wildman–Crippen LogP) is 2.46. The number of sulfonamides is 1. The SMILES string of the molecule is CC1(C)[C@H]2CN(c3c(C(F)(F)F)ccn4cncc34)C[C@H]2CN1S(C)(=O)=O. The zero-order valence-corrected chi connectivity index (χ0v) is 16.0. The lowest BCUT2D eigenvalue weighted by atomic mass is 9.85. The number of imidazole rings is 1. The van der Waals surface area contributed by atoms with Gasteiger partial charge in [0.15, 0.2) is 0 Å². The molecule has 4 rings (SSSR count). The van der Waals surface area contributed by atoms with Crippen LogP contribution in [0.5, 0.6) is 0 Å². The number of aromatic nitrogens is 2. The van der Waals surface area contributed by atoms with E-state index in [1.807, 2.05) is 13.8 Å². The molecule has 148 valence electrons. The van der Waals surface area contributed by atoms with Crippen molar-refractivity contribution in [2.24, 2.45) is 11.8 Å². The highest BCUT2D eigenvalue weighted by atomic mass is 32.2. The summed E-state index contributed by atoms with van der Waals surface area (Å²) < 4.78 is 68.2. The summed E-state index contributed by atoms with van der Waals surface area (Å²) in [6.07, 6.45) is 0.981. The molecule has 0 spiro atoms. The highest BCUT2D eigenvalue weighted by Gasteiger charge is 2.55. The Morgan fingerprint density at radius 2 is 1.93 bits per heavy atom. The highest BCUT2D eigenvalue weighted by molar-refractivity contribution is 7.88. The Morgan fingerprint density at radius 1 is 1.22 bits per heavy atom. The van der Waals surface area contributed by atoms with E-state index in [1.165, 1.54) is 29.3 Å². The molecule has 4 heterocycles. The first-order valence-corrected chi connectivity index (χ1v) is 10.5. The molecule has 0 aliphatic carbocycles. The monoisotopic (exact) mass is 402 g/mol. The first-order chi connectivity index (χ1) is 12.4. The Balaban J connectivity index is 1.76. The fourth-order valence-corrected chi connectivity index (χ4v) is 6.23. The number of rotatable bonds is 2. The van der Waals surface area contributed by atoms with Gasteiger partial charge in [-0.2, -0.15) is 17.5 Å². The van der Waals surface area contributed by atoms with Gasteiger partial charge in [-0.05, 0) is 25.8 Å². The van der Waals surface area contributed by atoms with Crippen LogP contribution in [0.25, 0.3) is 5.52 Å². The molecule has 10 heteroatoms. The van der Waals surface area contributed by atoms with Crippen LogP contribution >= 0.6 is 0 Å². The molecule has 0 amide bonds. The van der Waals surface area contributed by atoms with E-state index < -0.39 is 27.3 Å². The summed E-state index contributed by atoms with van der Waals surface area (Å²) in [5.74, 6) is -0.0597. The maximum Gasteiger partial charge on any atom is 0.418 e. The molecule has 2 aromatic rings. The number of nitrogens with zero attached hydrogens (tertiary/aromatic N) is 4. The van der Waals surface area contributed by atoms with Crippen LogP contribution in [0.4, 0.5) is 18.9 Å². The summed E-state index contributed by atoms with van der Waals surface area (Å²) in [5, 5.41) is 0. The zero-order chi connectivity index (χ0) is 19.8. The molecule has 2 fully saturated rings. The van der Waals surface area contributed by atoms with Crippen LogP contribution in [-0.4, -0.2) is 53.5 Å². The quantitative estimate of drug-likeness (QED) is 0.774. The Hall–Kier alpha value is -1.81. The topological polar surface area (TPSA) is 57.9 Å². The summed E-state index contributed by atoms with van der Waals surface area (Å²) in [6, 6.07) is 1.08. The van der Waals surface area contributed by atoms with Crippen molar-refractivity contribution in [1.29, 1.82) is 0 Å². The first kappa shape index (κ1) is 18.5. The standard InChI is InChI=1S/C17H21F3N4O2S/c1-16(2)13-9-23(7-11(13)8-24(16)27(3,25)26)15-12(17(18,19)20)4-5-22-10-21-6-14(15)22/h4-6,10-11,13H,7-9H2,1-3H3/t11-,13-/m0/s1. The minimum atomic E-state index is -4.48. The molecule has 0 N–H and O–H groups in total. The van der Waals surface area contributed by atoms with E-state index in [2.05, 4.69) is 4.98 Å². The molecule has 2 saturated heterocycles. The van der Waals surface area contributed by atoms with Crippen LogP contribution in [0.3, 0.4) is 0 Å². The second-order valence-electron chi connectivity index (χ2n) is 7.98. The molecule has 0 saturated carbocycles. The van der Waals surface area contributed by atoms with E-state index in [4.69, 9.17) is 0 Å². The van der Waals surface area contributed by atoms with Gasteiger partial charge >= 0.3 is 6.18 Å². The second-order valence-corrected chi connectivity index (χ2v) is 9.89. The molecule has 2 aliphatic heterocycles. The van der Waals surface area contributed by atoms with Crippen molar-refractivity contribution in [3.05, 3.63) is 30.4 Å². The van der Waals surface area contributed by atoms with E-state index >= 15 is 0 Å². The minimum absolute atomic E-state index is 0.0148. The largest absolute Gasteiger partial charge is 0.418 e. The van der Waals surface area contributed by atoms with Crippen molar-refractivity contribution >= 4 is 21.2 Å². The van der Waals surface area contributed by atoms with Gasteiger partial charge < -0.3 is 9.30 Å². The van der Waals surface area contributed by atoms with Gasteiger partial charge in [-0.3, -0.25) is 0 Å². The Labute approximate surface area is 155 Å². The van der Waals surface area contributed by atoms with Crippen molar-refractivity contribution in [3.63, 3.8) is 0 Å². The Morgan fingerprint density at radius 3 is 2.52 bits per heavy atom. The smallest absolute Gasteiger partial charge is 0.369 e. The molecule has 27 heavy (non-hydrogen) atoms. The average Bonchev–Trinajstić information content (AvgIpc) is 3.20. The van der Waals surface area contributed by atoms with Crippen molar-refractivity contribution in [3.8, 4) is 0 Å². The third-order valence-corrected chi connectivity index (χ3v) is 7.40. The number of pyridine rings is 1. The minimum Gasteiger partial charge on any atom is -0.369 e. The van der Waals surface area contributed by atoms with Crippen molar-refractivity contribution in [1.82, 2.24) is 13.7 Å².